The molecule has 0 spiro atoms. The lowest BCUT2D eigenvalue weighted by atomic mass is 9.93. The average Bonchev–Trinajstić information content (AvgIpc) is 3.25. The van der Waals surface area contributed by atoms with Crippen LogP contribution in [-0.2, 0) is 32.0 Å². The van der Waals surface area contributed by atoms with Gasteiger partial charge >= 0.3 is 11.9 Å². The summed E-state index contributed by atoms with van der Waals surface area (Å²) in [5, 5.41) is 3.44. The zero-order valence-corrected chi connectivity index (χ0v) is 22.5. The highest BCUT2D eigenvalue weighted by Crippen LogP contribution is 2.41. The molecule has 1 aromatic carbocycles. The van der Waals surface area contributed by atoms with E-state index in [0.29, 0.717) is 31.4 Å². The Balaban J connectivity index is 1.53. The summed E-state index contributed by atoms with van der Waals surface area (Å²) >= 11 is 0. The average molecular weight is 503 g/mol. The topological polar surface area (TPSA) is 86.3 Å². The molecule has 3 rings (SSSR count). The summed E-state index contributed by atoms with van der Waals surface area (Å²) in [6.07, 6.45) is 5.58. The first-order valence-corrected chi connectivity index (χ1v) is 13.1. The van der Waals surface area contributed by atoms with Crippen LogP contribution in [0.1, 0.15) is 73.5 Å². The largest absolute Gasteiger partial charge is 0.496 e. The Hall–Kier alpha value is -2.58. The van der Waals surface area contributed by atoms with Crippen molar-refractivity contribution in [2.45, 2.75) is 72.4 Å². The van der Waals surface area contributed by atoms with Gasteiger partial charge in [-0.25, -0.2) is 4.79 Å². The minimum Gasteiger partial charge on any atom is -0.496 e. The number of ether oxygens (including phenoxy) is 4. The van der Waals surface area contributed by atoms with E-state index in [1.807, 2.05) is 27.7 Å². The number of anilines is 1. The molecular formula is C28H42N2O6. The van der Waals surface area contributed by atoms with Crippen LogP contribution in [0, 0.1) is 6.92 Å². The van der Waals surface area contributed by atoms with Crippen molar-refractivity contribution in [2.24, 2.45) is 0 Å². The van der Waals surface area contributed by atoms with Crippen molar-refractivity contribution in [3.63, 3.8) is 0 Å². The number of morpholine rings is 1. The molecule has 2 aliphatic heterocycles. The van der Waals surface area contributed by atoms with E-state index in [-0.39, 0.29) is 24.6 Å². The van der Waals surface area contributed by atoms with E-state index in [1.165, 1.54) is 0 Å². The maximum Gasteiger partial charge on any atom is 0.341 e. The molecular weight excluding hydrogens is 460 g/mol. The molecule has 1 saturated heterocycles. The van der Waals surface area contributed by atoms with Crippen LogP contribution < -0.4 is 10.1 Å². The summed E-state index contributed by atoms with van der Waals surface area (Å²) in [6.45, 7) is 13.4. The summed E-state index contributed by atoms with van der Waals surface area (Å²) in [6, 6.07) is 0.141. The van der Waals surface area contributed by atoms with Gasteiger partial charge in [0.05, 0.1) is 38.2 Å². The first-order valence-electron chi connectivity index (χ1n) is 13.1. The van der Waals surface area contributed by atoms with Crippen LogP contribution in [-0.4, -0.2) is 69.4 Å². The van der Waals surface area contributed by atoms with E-state index < -0.39 is 0 Å². The van der Waals surface area contributed by atoms with Gasteiger partial charge in [0.1, 0.15) is 12.4 Å². The summed E-state index contributed by atoms with van der Waals surface area (Å²) in [5.74, 6) is 0.314. The van der Waals surface area contributed by atoms with E-state index in [1.54, 1.807) is 7.11 Å². The molecule has 0 radical (unpaired) electrons. The molecule has 1 fully saturated rings. The first-order chi connectivity index (χ1) is 17.3. The fraction of sp³-hybridized carbons (Fsp3) is 0.643. The monoisotopic (exact) mass is 502 g/mol. The second kappa shape index (κ2) is 13.7. The number of hydrogen-bond donors (Lipinski definition) is 1. The number of fused-ring (bicyclic) bond motifs is 1. The maximum atomic E-state index is 12.5. The molecule has 0 unspecified atom stereocenters. The van der Waals surface area contributed by atoms with Crippen molar-refractivity contribution in [2.75, 3.05) is 51.9 Å². The van der Waals surface area contributed by atoms with Gasteiger partial charge in [-0.1, -0.05) is 11.6 Å². The second-order valence-corrected chi connectivity index (χ2v) is 9.88. The normalized spacial score (nSPS) is 16.2. The summed E-state index contributed by atoms with van der Waals surface area (Å²) in [4.78, 5) is 27.1. The molecule has 36 heavy (non-hydrogen) atoms. The third-order valence-electron chi connectivity index (χ3n) is 6.72. The molecule has 0 atom stereocenters. The fourth-order valence-electron chi connectivity index (χ4n) is 4.70. The maximum absolute atomic E-state index is 12.5. The Morgan fingerprint density at radius 2 is 1.94 bits per heavy atom. The van der Waals surface area contributed by atoms with E-state index >= 15 is 0 Å². The van der Waals surface area contributed by atoms with Gasteiger partial charge in [-0.05, 0) is 65.5 Å². The number of nitrogens with zero attached hydrogens (tertiary/aromatic N) is 1. The van der Waals surface area contributed by atoms with Crippen molar-refractivity contribution >= 4 is 17.6 Å². The zero-order valence-electron chi connectivity index (χ0n) is 22.5. The molecule has 1 N–H and O–H groups in total. The van der Waals surface area contributed by atoms with Gasteiger partial charge in [-0.2, -0.15) is 0 Å². The lowest BCUT2D eigenvalue weighted by Crippen LogP contribution is -2.36. The Kier molecular flexibility index (Phi) is 10.6. The quantitative estimate of drug-likeness (QED) is 0.241. The third kappa shape index (κ3) is 7.46. The molecule has 1 aromatic rings. The predicted octanol–water partition coefficient (Wildman–Crippen LogP) is 4.42. The number of cyclic esters (lactones) is 1. The minimum atomic E-state index is -0.298. The molecule has 8 nitrogen and oxygen atoms in total. The van der Waals surface area contributed by atoms with Crippen molar-refractivity contribution in [3.8, 4) is 5.75 Å². The molecule has 0 bridgehead atoms. The number of esters is 2. The minimum absolute atomic E-state index is 0.141. The van der Waals surface area contributed by atoms with Crippen molar-refractivity contribution in [3.05, 3.63) is 33.9 Å². The van der Waals surface area contributed by atoms with Crippen molar-refractivity contribution in [1.29, 1.82) is 0 Å². The zero-order chi connectivity index (χ0) is 26.1. The summed E-state index contributed by atoms with van der Waals surface area (Å²) in [7, 11) is 1.66. The Morgan fingerprint density at radius 1 is 1.19 bits per heavy atom. The van der Waals surface area contributed by atoms with E-state index in [4.69, 9.17) is 18.9 Å². The number of nitrogens with one attached hydrogen (secondary N) is 1. The van der Waals surface area contributed by atoms with E-state index in [0.717, 1.165) is 79.4 Å². The highest BCUT2D eigenvalue weighted by Gasteiger charge is 2.32. The number of hydrogen-bond acceptors (Lipinski definition) is 8. The SMILES string of the molecule is COc1c(C)c2c(c(NC(C)C)c1C/C=C(\C)CCC(=O)OCCCCN1CCOCC1)C(=O)OC2. The van der Waals surface area contributed by atoms with Gasteiger partial charge < -0.3 is 24.3 Å². The lowest BCUT2D eigenvalue weighted by molar-refractivity contribution is -0.143. The van der Waals surface area contributed by atoms with Gasteiger partial charge in [0.15, 0.2) is 0 Å². The highest BCUT2D eigenvalue weighted by molar-refractivity contribution is 6.01. The van der Waals surface area contributed by atoms with Crippen molar-refractivity contribution in [1.82, 2.24) is 4.90 Å². The molecule has 200 valence electrons. The van der Waals surface area contributed by atoms with Gasteiger partial charge in [-0.15, -0.1) is 0 Å². The number of allylic oxidation sites excluding steroid dienone is 2. The Bertz CT molecular complexity index is 950. The van der Waals surface area contributed by atoms with Crippen LogP contribution in [0.5, 0.6) is 5.75 Å². The number of methoxy groups -OCH3 is 1. The number of benzene rings is 1. The van der Waals surface area contributed by atoms with Gasteiger partial charge in [0, 0.05) is 36.7 Å². The Labute approximate surface area is 215 Å². The fourth-order valence-corrected chi connectivity index (χ4v) is 4.70. The third-order valence-corrected chi connectivity index (χ3v) is 6.72. The molecule has 2 heterocycles. The van der Waals surface area contributed by atoms with Crippen molar-refractivity contribution < 1.29 is 28.5 Å². The smallest absolute Gasteiger partial charge is 0.341 e. The summed E-state index contributed by atoms with van der Waals surface area (Å²) < 4.78 is 21.9. The van der Waals surface area contributed by atoms with Gasteiger partial charge in [-0.3, -0.25) is 9.69 Å². The molecule has 8 heteroatoms. The van der Waals surface area contributed by atoms with Crippen LogP contribution in [0.2, 0.25) is 0 Å². The van der Waals surface area contributed by atoms with E-state index in [9.17, 15) is 9.59 Å². The summed E-state index contributed by atoms with van der Waals surface area (Å²) in [5.41, 5.74) is 5.25. The highest BCUT2D eigenvalue weighted by atomic mass is 16.5. The predicted molar refractivity (Wildman–Crippen MR) is 140 cm³/mol. The van der Waals surface area contributed by atoms with Gasteiger partial charge in [0.25, 0.3) is 0 Å². The first kappa shape index (κ1) is 28.0. The molecule has 2 aliphatic rings. The second-order valence-electron chi connectivity index (χ2n) is 9.88. The number of carbonyl (C=O) groups is 2. The van der Waals surface area contributed by atoms with E-state index in [2.05, 4.69) is 16.3 Å². The van der Waals surface area contributed by atoms with Crippen LogP contribution >= 0.6 is 0 Å². The number of carbonyl (C=O) groups excluding carboxylic acids is 2. The molecule has 0 aromatic heterocycles. The molecule has 0 saturated carbocycles. The molecule has 0 amide bonds. The van der Waals surface area contributed by atoms with Crippen LogP contribution in [0.4, 0.5) is 5.69 Å². The number of unbranched alkanes of at least 4 members (excludes halogenated alkanes) is 1. The van der Waals surface area contributed by atoms with Crippen LogP contribution in [0.15, 0.2) is 11.6 Å². The lowest BCUT2D eigenvalue weighted by Gasteiger charge is -2.26. The van der Waals surface area contributed by atoms with Crippen LogP contribution in [0.25, 0.3) is 0 Å². The standard InChI is InChI=1S/C28H42N2O6/c1-19(2)29-26-22(27(33-5)21(4)23-18-36-28(32)25(23)26)10-8-20(3)9-11-24(31)35-15-7-6-12-30-13-16-34-17-14-30/h8,19,29H,6-7,9-18H2,1-5H3/b20-8+. The number of rotatable bonds is 13. The Morgan fingerprint density at radius 3 is 2.64 bits per heavy atom. The van der Waals surface area contributed by atoms with Crippen LogP contribution in [0.3, 0.4) is 0 Å². The van der Waals surface area contributed by atoms with Gasteiger partial charge in [0.2, 0.25) is 0 Å². The molecule has 0 aliphatic carbocycles.